The van der Waals surface area contributed by atoms with Crippen LogP contribution in [0.4, 0.5) is 0 Å². The van der Waals surface area contributed by atoms with Crippen LogP contribution >= 0.6 is 0 Å². The maximum absolute atomic E-state index is 13.4. The third-order valence-corrected chi connectivity index (χ3v) is 5.42. The van der Waals surface area contributed by atoms with E-state index in [0.717, 1.165) is 11.1 Å². The van der Waals surface area contributed by atoms with Crippen molar-refractivity contribution in [3.05, 3.63) is 113 Å². The normalized spacial score (nSPS) is 14.7. The van der Waals surface area contributed by atoms with Crippen LogP contribution in [-0.2, 0) is 27.5 Å². The van der Waals surface area contributed by atoms with Gasteiger partial charge in [0.1, 0.15) is 12.4 Å². The van der Waals surface area contributed by atoms with Gasteiger partial charge in [0.2, 0.25) is 0 Å². The van der Waals surface area contributed by atoms with Gasteiger partial charge >= 0.3 is 5.97 Å². The average molecular weight is 440 g/mol. The molecule has 0 unspecified atom stereocenters. The second kappa shape index (κ2) is 9.96. The number of methoxy groups -OCH3 is 1. The molecule has 1 amide bonds. The number of esters is 1. The molecule has 3 aromatic rings. The summed E-state index contributed by atoms with van der Waals surface area (Å²) in [6.07, 6.45) is 5.07. The van der Waals surface area contributed by atoms with Crippen molar-refractivity contribution in [2.45, 2.75) is 20.1 Å². The van der Waals surface area contributed by atoms with E-state index in [1.54, 1.807) is 30.3 Å². The predicted octanol–water partition coefficient (Wildman–Crippen LogP) is 4.53. The molecule has 2 heterocycles. The Morgan fingerprint density at radius 3 is 2.45 bits per heavy atom. The number of rotatable bonds is 7. The topological polar surface area (TPSA) is 68.7 Å². The Kier molecular flexibility index (Phi) is 6.64. The van der Waals surface area contributed by atoms with Crippen LogP contribution in [0.1, 0.15) is 23.6 Å². The van der Waals surface area contributed by atoms with Gasteiger partial charge in [0, 0.05) is 23.7 Å². The molecule has 0 saturated carbocycles. The van der Waals surface area contributed by atoms with Crippen molar-refractivity contribution in [1.82, 2.24) is 9.88 Å². The van der Waals surface area contributed by atoms with Gasteiger partial charge in [-0.1, -0.05) is 54.6 Å². The lowest BCUT2D eigenvalue weighted by molar-refractivity contribution is -0.136. The van der Waals surface area contributed by atoms with Crippen LogP contribution in [0.2, 0.25) is 0 Å². The van der Waals surface area contributed by atoms with Gasteiger partial charge in [0.05, 0.1) is 24.8 Å². The molecule has 0 fully saturated rings. The maximum Gasteiger partial charge on any atom is 0.340 e. The van der Waals surface area contributed by atoms with E-state index in [2.05, 4.69) is 4.98 Å². The molecular formula is C27H24N2O4. The minimum absolute atomic E-state index is 0.254. The van der Waals surface area contributed by atoms with E-state index in [1.807, 2.05) is 66.7 Å². The number of hydrogen-bond donors (Lipinski definition) is 0. The van der Waals surface area contributed by atoms with Gasteiger partial charge in [-0.25, -0.2) is 4.79 Å². The SMILES string of the molecule is COC(=O)C1=C(C)N(Cc2cccnc2)C(=O)/C1=C\c1ccccc1OCc1ccccc1. The maximum atomic E-state index is 13.4. The standard InChI is InChI=1S/C27H24N2O4/c1-19-25(27(31)32-2)23(26(30)29(19)17-21-11-8-14-28-16-21)15-22-12-6-7-13-24(22)33-18-20-9-4-3-5-10-20/h3-16H,17-18H2,1-2H3/b23-15-. The fourth-order valence-corrected chi connectivity index (χ4v) is 3.71. The van der Waals surface area contributed by atoms with Crippen LogP contribution in [-0.4, -0.2) is 28.9 Å². The molecule has 1 aliphatic rings. The van der Waals surface area contributed by atoms with Crippen LogP contribution < -0.4 is 4.74 Å². The lowest BCUT2D eigenvalue weighted by Gasteiger charge is -2.17. The highest BCUT2D eigenvalue weighted by molar-refractivity contribution is 6.16. The molecule has 0 bridgehead atoms. The number of hydrogen-bond acceptors (Lipinski definition) is 5. The van der Waals surface area contributed by atoms with Crippen molar-refractivity contribution in [1.29, 1.82) is 0 Å². The Bertz CT molecular complexity index is 1220. The quantitative estimate of drug-likeness (QED) is 0.399. The number of pyridine rings is 1. The smallest absolute Gasteiger partial charge is 0.340 e. The van der Waals surface area contributed by atoms with Crippen molar-refractivity contribution in [3.63, 3.8) is 0 Å². The summed E-state index contributed by atoms with van der Waals surface area (Å²) in [6.45, 7) is 2.45. The summed E-state index contributed by atoms with van der Waals surface area (Å²) < 4.78 is 11.0. The van der Waals surface area contributed by atoms with E-state index in [0.29, 0.717) is 30.2 Å². The second-order valence-electron chi connectivity index (χ2n) is 7.57. The number of carbonyl (C=O) groups is 2. The molecule has 0 aliphatic carbocycles. The molecule has 166 valence electrons. The minimum atomic E-state index is -0.552. The third-order valence-electron chi connectivity index (χ3n) is 5.42. The molecule has 6 heteroatoms. The van der Waals surface area contributed by atoms with Crippen LogP contribution in [0.25, 0.3) is 6.08 Å². The lowest BCUT2D eigenvalue weighted by atomic mass is 10.0. The van der Waals surface area contributed by atoms with Crippen LogP contribution in [0, 0.1) is 0 Å². The Balaban J connectivity index is 1.67. The summed E-state index contributed by atoms with van der Waals surface area (Å²) in [4.78, 5) is 31.7. The van der Waals surface area contributed by atoms with Gasteiger partial charge in [0.15, 0.2) is 0 Å². The Labute approximate surface area is 192 Å². The third kappa shape index (κ3) is 4.85. The predicted molar refractivity (Wildman–Crippen MR) is 125 cm³/mol. The number of para-hydroxylation sites is 1. The number of carbonyl (C=O) groups excluding carboxylic acids is 2. The van der Waals surface area contributed by atoms with E-state index in [9.17, 15) is 9.59 Å². The van der Waals surface area contributed by atoms with Gasteiger partial charge in [0.25, 0.3) is 5.91 Å². The monoisotopic (exact) mass is 440 g/mol. The lowest BCUT2D eigenvalue weighted by Crippen LogP contribution is -2.24. The van der Waals surface area contributed by atoms with Gasteiger partial charge < -0.3 is 14.4 Å². The van der Waals surface area contributed by atoms with Crippen LogP contribution in [0.15, 0.2) is 96.0 Å². The molecule has 0 radical (unpaired) electrons. The summed E-state index contributed by atoms with van der Waals surface area (Å²) in [7, 11) is 1.31. The highest BCUT2D eigenvalue weighted by Crippen LogP contribution is 2.34. The molecule has 33 heavy (non-hydrogen) atoms. The zero-order chi connectivity index (χ0) is 23.2. The highest BCUT2D eigenvalue weighted by Gasteiger charge is 2.37. The second-order valence-corrected chi connectivity index (χ2v) is 7.57. The summed E-state index contributed by atoms with van der Waals surface area (Å²) in [5.41, 5.74) is 3.68. The zero-order valence-electron chi connectivity index (χ0n) is 18.5. The first kappa shape index (κ1) is 22.0. The van der Waals surface area contributed by atoms with Crippen molar-refractivity contribution < 1.29 is 19.1 Å². The molecule has 2 aromatic carbocycles. The van der Waals surface area contributed by atoms with Crippen LogP contribution in [0.5, 0.6) is 5.75 Å². The summed E-state index contributed by atoms with van der Waals surface area (Å²) in [6, 6.07) is 21.0. The number of aromatic nitrogens is 1. The van der Waals surface area contributed by atoms with Crippen molar-refractivity contribution >= 4 is 18.0 Å². The first-order valence-corrected chi connectivity index (χ1v) is 10.6. The molecule has 1 aromatic heterocycles. The Morgan fingerprint density at radius 1 is 1.00 bits per heavy atom. The van der Waals surface area contributed by atoms with Gasteiger partial charge in [-0.05, 0) is 36.3 Å². The van der Waals surface area contributed by atoms with E-state index in [4.69, 9.17) is 9.47 Å². The fraction of sp³-hybridized carbons (Fsp3) is 0.148. The fourth-order valence-electron chi connectivity index (χ4n) is 3.71. The molecule has 4 rings (SSSR count). The van der Waals surface area contributed by atoms with Crippen molar-refractivity contribution in [2.24, 2.45) is 0 Å². The van der Waals surface area contributed by atoms with Gasteiger partial charge in [-0.2, -0.15) is 0 Å². The van der Waals surface area contributed by atoms with E-state index in [1.165, 1.54) is 7.11 Å². The van der Waals surface area contributed by atoms with Crippen LogP contribution in [0.3, 0.4) is 0 Å². The van der Waals surface area contributed by atoms with E-state index < -0.39 is 5.97 Å². The Hall–Kier alpha value is -4.19. The highest BCUT2D eigenvalue weighted by atomic mass is 16.5. The number of nitrogens with zero attached hydrogens (tertiary/aromatic N) is 2. The molecule has 0 N–H and O–H groups in total. The van der Waals surface area contributed by atoms with Crippen molar-refractivity contribution in [2.75, 3.05) is 7.11 Å². The minimum Gasteiger partial charge on any atom is -0.488 e. The number of benzene rings is 2. The average Bonchev–Trinajstić information content (AvgIpc) is 3.08. The molecular weight excluding hydrogens is 416 g/mol. The first-order chi connectivity index (χ1) is 16.1. The molecule has 0 atom stereocenters. The molecule has 0 spiro atoms. The molecule has 1 aliphatic heterocycles. The largest absolute Gasteiger partial charge is 0.488 e. The number of ether oxygens (including phenoxy) is 2. The van der Waals surface area contributed by atoms with E-state index >= 15 is 0 Å². The van der Waals surface area contributed by atoms with Gasteiger partial charge in [-0.3, -0.25) is 9.78 Å². The number of allylic oxidation sites excluding steroid dienone is 1. The molecule has 0 saturated heterocycles. The summed E-state index contributed by atoms with van der Waals surface area (Å²) >= 11 is 0. The zero-order valence-corrected chi connectivity index (χ0v) is 18.5. The van der Waals surface area contributed by atoms with E-state index in [-0.39, 0.29) is 17.1 Å². The molecule has 6 nitrogen and oxygen atoms in total. The van der Waals surface area contributed by atoms with Gasteiger partial charge in [-0.15, -0.1) is 0 Å². The number of amides is 1. The summed E-state index contributed by atoms with van der Waals surface area (Å²) in [5, 5.41) is 0. The summed E-state index contributed by atoms with van der Waals surface area (Å²) in [5.74, 6) is -0.202. The first-order valence-electron chi connectivity index (χ1n) is 10.6. The van der Waals surface area contributed by atoms with Crippen molar-refractivity contribution in [3.8, 4) is 5.75 Å². The Morgan fingerprint density at radius 2 is 1.73 bits per heavy atom.